The average Bonchev–Trinajstić information content (AvgIpc) is 2.84. The van der Waals surface area contributed by atoms with Gasteiger partial charge >= 0.3 is 0 Å². The monoisotopic (exact) mass is 450 g/mol. The molecule has 1 heterocycles. The Bertz CT molecular complexity index is 1110. The van der Waals surface area contributed by atoms with Gasteiger partial charge in [0.1, 0.15) is 11.4 Å². The molecule has 5 nitrogen and oxygen atoms in total. The van der Waals surface area contributed by atoms with E-state index in [1.807, 2.05) is 24.3 Å². The van der Waals surface area contributed by atoms with E-state index < -0.39 is 0 Å². The van der Waals surface area contributed by atoms with Gasteiger partial charge in [-0.1, -0.05) is 106 Å². The van der Waals surface area contributed by atoms with Gasteiger partial charge in [-0.15, -0.1) is 0 Å². The summed E-state index contributed by atoms with van der Waals surface area (Å²) in [5, 5.41) is 3.10. The Kier molecular flexibility index (Phi) is 13.5. The smallest absolute Gasteiger partial charge is 0.250 e. The van der Waals surface area contributed by atoms with Crippen molar-refractivity contribution in [3.63, 3.8) is 0 Å². The highest BCUT2D eigenvalue weighted by molar-refractivity contribution is 5.85. The number of aromatic nitrogens is 2. The number of rotatable bonds is 15. The number of hydrogen-bond acceptors (Lipinski definition) is 5. The molecule has 1 N–H and O–H groups in total. The van der Waals surface area contributed by atoms with Crippen LogP contribution in [0.4, 0.5) is 11.6 Å². The Hall–Kier alpha value is -4.77. The van der Waals surface area contributed by atoms with Crippen LogP contribution in [-0.4, -0.2) is 16.2 Å². The molecule has 0 aliphatic rings. The molecule has 1 aromatic rings. The molecule has 1 rings (SSSR count). The first kappa shape index (κ1) is 27.3. The van der Waals surface area contributed by atoms with Gasteiger partial charge in [0.05, 0.1) is 6.20 Å². The third kappa shape index (κ3) is 10.5. The lowest BCUT2D eigenvalue weighted by Gasteiger charge is -2.11. The number of nitrogens with one attached hydrogen (secondary N) is 1. The topological polar surface area (TPSA) is 59.4 Å². The first-order chi connectivity index (χ1) is 16.6. The molecule has 0 atom stereocenters. The minimum absolute atomic E-state index is 0.242. The average molecular weight is 451 g/mol. The Morgan fingerprint density at radius 1 is 0.824 bits per heavy atom. The zero-order chi connectivity index (χ0) is 25.0. The molecule has 5 heteroatoms. The zero-order valence-corrected chi connectivity index (χ0v) is 19.3. The summed E-state index contributed by atoms with van der Waals surface area (Å²) in [5.74, 6) is 1.05. The Balaban J connectivity index is 3.47. The van der Waals surface area contributed by atoms with E-state index in [0.717, 1.165) is 5.57 Å². The van der Waals surface area contributed by atoms with Gasteiger partial charge in [0, 0.05) is 11.9 Å². The van der Waals surface area contributed by atoms with Crippen LogP contribution >= 0.6 is 0 Å². The molecule has 0 aliphatic heterocycles. The molecular weight excluding hydrogens is 420 g/mol. The molecule has 0 unspecified atom stereocenters. The first-order valence-corrected chi connectivity index (χ1v) is 10.3. The molecule has 0 aliphatic carbocycles. The fourth-order valence-electron chi connectivity index (χ4n) is 2.23. The second kappa shape index (κ2) is 16.9. The number of ether oxygens (including phenoxy) is 1. The van der Waals surface area contributed by atoms with Crippen molar-refractivity contribution < 1.29 is 4.74 Å². The van der Waals surface area contributed by atoms with Gasteiger partial charge in [-0.3, -0.25) is 0 Å². The third-order valence-corrected chi connectivity index (χ3v) is 3.72. The molecule has 172 valence electrons. The molecular formula is C29H30N4O. The summed E-state index contributed by atoms with van der Waals surface area (Å²) in [6.07, 6.45) is 29.2. The summed E-state index contributed by atoms with van der Waals surface area (Å²) >= 11 is 0. The zero-order valence-electron chi connectivity index (χ0n) is 19.3. The minimum Gasteiger partial charge on any atom is -0.437 e. The van der Waals surface area contributed by atoms with Crippen LogP contribution in [0.2, 0.25) is 0 Å². The molecule has 0 fully saturated rings. The number of hydrogen-bond donors (Lipinski definition) is 1. The third-order valence-electron chi connectivity index (χ3n) is 3.72. The van der Waals surface area contributed by atoms with Gasteiger partial charge in [0.25, 0.3) is 0 Å². The number of aliphatic imine (C=N–C) groups is 1. The number of anilines is 1. The highest BCUT2D eigenvalue weighted by Gasteiger charge is 2.10. The maximum Gasteiger partial charge on any atom is 0.250 e. The molecule has 0 bridgehead atoms. The molecule has 0 aromatic carbocycles. The van der Waals surface area contributed by atoms with Crippen LogP contribution in [0, 0.1) is 0 Å². The van der Waals surface area contributed by atoms with E-state index in [1.54, 1.807) is 79.2 Å². The summed E-state index contributed by atoms with van der Waals surface area (Å²) in [6, 6.07) is 0. The van der Waals surface area contributed by atoms with Crippen LogP contribution in [-0.2, 0) is 0 Å². The second-order valence-electron chi connectivity index (χ2n) is 6.21. The summed E-state index contributed by atoms with van der Waals surface area (Å²) < 4.78 is 6.02. The number of allylic oxidation sites excluding steroid dienone is 16. The van der Waals surface area contributed by atoms with Crippen LogP contribution in [0.15, 0.2) is 159 Å². The SMILES string of the molecule is C=C/C=C\C=C(/C=C)Nc1ncc(N=CC(/C=C\C=C)=C/C=C)c(OC(/C=C\C=C)=C/C=C)n1. The maximum absolute atomic E-state index is 6.02. The van der Waals surface area contributed by atoms with Gasteiger partial charge < -0.3 is 10.1 Å². The highest BCUT2D eigenvalue weighted by atomic mass is 16.5. The van der Waals surface area contributed by atoms with Gasteiger partial charge in [0.15, 0.2) is 0 Å². The van der Waals surface area contributed by atoms with Crippen molar-refractivity contribution in [2.75, 3.05) is 5.32 Å². The first-order valence-electron chi connectivity index (χ1n) is 10.3. The van der Waals surface area contributed by atoms with Crippen molar-refractivity contribution >= 4 is 17.9 Å². The summed E-state index contributed by atoms with van der Waals surface area (Å²) in [7, 11) is 0. The van der Waals surface area contributed by atoms with E-state index in [-0.39, 0.29) is 5.88 Å². The van der Waals surface area contributed by atoms with E-state index in [0.29, 0.717) is 23.1 Å². The van der Waals surface area contributed by atoms with Gasteiger partial charge in [-0.25, -0.2) is 9.98 Å². The maximum atomic E-state index is 6.02. The van der Waals surface area contributed by atoms with E-state index in [2.05, 4.69) is 59.8 Å². The lowest BCUT2D eigenvalue weighted by Crippen LogP contribution is -2.04. The predicted molar refractivity (Wildman–Crippen MR) is 147 cm³/mol. The van der Waals surface area contributed by atoms with Crippen molar-refractivity contribution in [3.8, 4) is 5.88 Å². The fourth-order valence-corrected chi connectivity index (χ4v) is 2.23. The minimum atomic E-state index is 0.242. The molecule has 0 saturated heterocycles. The Morgan fingerprint density at radius 2 is 1.53 bits per heavy atom. The van der Waals surface area contributed by atoms with Gasteiger partial charge in [0.2, 0.25) is 11.8 Å². The van der Waals surface area contributed by atoms with E-state index >= 15 is 0 Å². The highest BCUT2D eigenvalue weighted by Crippen LogP contribution is 2.28. The van der Waals surface area contributed by atoms with Crippen LogP contribution in [0.5, 0.6) is 5.88 Å². The normalized spacial score (nSPS) is 12.9. The Morgan fingerprint density at radius 3 is 2.18 bits per heavy atom. The predicted octanol–water partition coefficient (Wildman–Crippen LogP) is 7.45. The molecule has 0 saturated carbocycles. The molecule has 34 heavy (non-hydrogen) atoms. The van der Waals surface area contributed by atoms with Crippen molar-refractivity contribution in [2.24, 2.45) is 4.99 Å². The summed E-state index contributed by atoms with van der Waals surface area (Å²) in [5.41, 5.74) is 1.92. The van der Waals surface area contributed by atoms with Crippen molar-refractivity contribution in [1.82, 2.24) is 9.97 Å². The van der Waals surface area contributed by atoms with E-state index in [9.17, 15) is 0 Å². The van der Waals surface area contributed by atoms with E-state index in [4.69, 9.17) is 4.74 Å². The fraction of sp³-hybridized carbons (Fsp3) is 0. The quantitative estimate of drug-likeness (QED) is 0.171. The standard InChI is InChI=1S/C29H30N4O/c1-7-13-16-20-25(12-6)32-29-31-23-27(30-22-24(17-10-4)19-14-8-2)28(33-29)34-26(18-11-5)21-15-9-3/h7-23H,1-6H2,(H,31,32,33)/b16-13-,19-14-,21-15-,24-17+,25-20+,26-18+,30-22?. The second-order valence-corrected chi connectivity index (χ2v) is 6.21. The summed E-state index contributed by atoms with van der Waals surface area (Å²) in [4.78, 5) is 13.4. The molecule has 1 aromatic heterocycles. The van der Waals surface area contributed by atoms with Crippen LogP contribution in [0.25, 0.3) is 0 Å². The molecule has 0 amide bonds. The summed E-state index contributed by atoms with van der Waals surface area (Å²) in [6.45, 7) is 22.3. The largest absolute Gasteiger partial charge is 0.437 e. The van der Waals surface area contributed by atoms with Gasteiger partial charge in [-0.2, -0.15) is 4.98 Å². The molecule has 0 radical (unpaired) electrons. The molecule has 0 spiro atoms. The Labute approximate surface area is 202 Å². The van der Waals surface area contributed by atoms with E-state index in [1.165, 1.54) is 0 Å². The van der Waals surface area contributed by atoms with Crippen LogP contribution < -0.4 is 10.1 Å². The van der Waals surface area contributed by atoms with Crippen LogP contribution in [0.1, 0.15) is 0 Å². The van der Waals surface area contributed by atoms with Crippen LogP contribution in [0.3, 0.4) is 0 Å². The van der Waals surface area contributed by atoms with Crippen molar-refractivity contribution in [3.05, 3.63) is 154 Å². The van der Waals surface area contributed by atoms with Crippen molar-refractivity contribution in [1.29, 1.82) is 0 Å². The lowest BCUT2D eigenvalue weighted by atomic mass is 10.2. The van der Waals surface area contributed by atoms with Crippen molar-refractivity contribution in [2.45, 2.75) is 0 Å². The number of nitrogens with zero attached hydrogens (tertiary/aromatic N) is 3. The van der Waals surface area contributed by atoms with Gasteiger partial charge in [-0.05, 0) is 29.9 Å². The lowest BCUT2D eigenvalue weighted by molar-refractivity contribution is 0.428.